The lowest BCUT2D eigenvalue weighted by Gasteiger charge is -2.29. The van der Waals surface area contributed by atoms with Gasteiger partial charge in [0.2, 0.25) is 0 Å². The van der Waals surface area contributed by atoms with Crippen LogP contribution in [0.5, 0.6) is 0 Å². The first-order valence-electron chi connectivity index (χ1n) is 7.89. The Balaban J connectivity index is 1.76. The molecule has 3 atom stereocenters. The fourth-order valence-electron chi connectivity index (χ4n) is 3.20. The molecule has 24 heavy (non-hydrogen) atoms. The van der Waals surface area contributed by atoms with Crippen LogP contribution in [0.4, 0.5) is 4.79 Å². The molecule has 126 valence electrons. The van der Waals surface area contributed by atoms with Gasteiger partial charge in [-0.1, -0.05) is 58.4 Å². The van der Waals surface area contributed by atoms with Crippen LogP contribution in [0.1, 0.15) is 5.56 Å². The van der Waals surface area contributed by atoms with E-state index in [1.54, 1.807) is 0 Å². The van der Waals surface area contributed by atoms with Crippen molar-refractivity contribution in [3.05, 3.63) is 59.8 Å². The second-order valence-corrected chi connectivity index (χ2v) is 7.06. The van der Waals surface area contributed by atoms with E-state index in [2.05, 4.69) is 26.1 Å². The van der Waals surface area contributed by atoms with E-state index in [1.807, 2.05) is 48.7 Å². The van der Waals surface area contributed by atoms with Crippen LogP contribution in [-0.4, -0.2) is 45.8 Å². The maximum Gasteiger partial charge on any atom is 0.404 e. The third-order valence-electron chi connectivity index (χ3n) is 4.46. The Morgan fingerprint density at radius 3 is 2.83 bits per heavy atom. The number of nitrogens with one attached hydrogen (secondary N) is 1. The van der Waals surface area contributed by atoms with E-state index in [9.17, 15) is 9.59 Å². The van der Waals surface area contributed by atoms with E-state index in [4.69, 9.17) is 5.11 Å². The molecule has 0 fully saturated rings. The first-order valence-corrected chi connectivity index (χ1v) is 8.80. The highest BCUT2D eigenvalue weighted by Crippen LogP contribution is 2.32. The van der Waals surface area contributed by atoms with Gasteiger partial charge in [-0.25, -0.2) is 4.79 Å². The molecular formula is C18H19BrN2O3. The van der Waals surface area contributed by atoms with E-state index < -0.39 is 6.09 Å². The van der Waals surface area contributed by atoms with Crippen LogP contribution in [0.15, 0.2) is 54.3 Å². The largest absolute Gasteiger partial charge is 0.465 e. The number of carbonyl (C=O) groups excluding carboxylic acids is 1. The van der Waals surface area contributed by atoms with Gasteiger partial charge < -0.3 is 15.3 Å². The zero-order valence-electron chi connectivity index (χ0n) is 13.1. The highest BCUT2D eigenvalue weighted by Gasteiger charge is 2.36. The normalized spacial score (nSPS) is 23.6. The number of ketones is 1. The van der Waals surface area contributed by atoms with Gasteiger partial charge in [-0.2, -0.15) is 0 Å². The van der Waals surface area contributed by atoms with Crippen LogP contribution in [0.2, 0.25) is 0 Å². The minimum Gasteiger partial charge on any atom is -0.465 e. The molecule has 1 amide bonds. The number of alkyl halides is 1. The summed E-state index contributed by atoms with van der Waals surface area (Å²) in [6, 6.07) is 9.94. The minimum absolute atomic E-state index is 0.0309. The molecule has 1 aliphatic heterocycles. The fourth-order valence-corrected chi connectivity index (χ4v) is 3.67. The van der Waals surface area contributed by atoms with E-state index in [0.717, 1.165) is 11.1 Å². The van der Waals surface area contributed by atoms with Crippen molar-refractivity contribution < 1.29 is 14.7 Å². The van der Waals surface area contributed by atoms with Crippen LogP contribution in [-0.2, 0) is 11.2 Å². The molecule has 2 aliphatic rings. The van der Waals surface area contributed by atoms with Crippen molar-refractivity contribution >= 4 is 27.8 Å². The lowest BCUT2D eigenvalue weighted by atomic mass is 9.90. The summed E-state index contributed by atoms with van der Waals surface area (Å²) in [6.45, 7) is 0.912. The van der Waals surface area contributed by atoms with Crippen molar-refractivity contribution in [3.8, 4) is 0 Å². The Kier molecular flexibility index (Phi) is 5.04. The number of hydrogen-bond donors (Lipinski definition) is 2. The number of rotatable bonds is 5. The van der Waals surface area contributed by atoms with Crippen LogP contribution in [0, 0.1) is 5.92 Å². The third kappa shape index (κ3) is 3.70. The zero-order chi connectivity index (χ0) is 17.1. The summed E-state index contributed by atoms with van der Waals surface area (Å²) in [5.41, 5.74) is 2.15. The number of nitrogens with zero attached hydrogens (tertiary/aromatic N) is 1. The predicted octanol–water partition coefficient (Wildman–Crippen LogP) is 2.58. The van der Waals surface area contributed by atoms with E-state index in [1.165, 1.54) is 0 Å². The number of carbonyl (C=O) groups is 2. The average Bonchev–Trinajstić information content (AvgIpc) is 3.00. The Bertz CT molecular complexity index is 687. The number of benzene rings is 1. The second kappa shape index (κ2) is 7.21. The molecule has 6 heteroatoms. The van der Waals surface area contributed by atoms with Crippen molar-refractivity contribution in [2.75, 3.05) is 13.1 Å². The van der Waals surface area contributed by atoms with Gasteiger partial charge in [0.15, 0.2) is 5.78 Å². The summed E-state index contributed by atoms with van der Waals surface area (Å²) < 4.78 is 0. The first kappa shape index (κ1) is 16.8. The monoisotopic (exact) mass is 390 g/mol. The van der Waals surface area contributed by atoms with Gasteiger partial charge in [0, 0.05) is 25.3 Å². The van der Waals surface area contributed by atoms with Gasteiger partial charge in [0.05, 0.1) is 10.7 Å². The zero-order valence-corrected chi connectivity index (χ0v) is 14.6. The molecule has 0 spiro atoms. The Labute approximate surface area is 149 Å². The third-order valence-corrected chi connectivity index (χ3v) is 5.21. The summed E-state index contributed by atoms with van der Waals surface area (Å²) in [5, 5.41) is 11.4. The lowest BCUT2D eigenvalue weighted by Crippen LogP contribution is -2.43. The average molecular weight is 391 g/mol. The standard InChI is InChI=1S/C18H19BrN2O3/c19-16-7-6-13-10-21(11-15(13)17(16)22)14(9-20-18(23)24)8-12-4-2-1-3-5-12/h1-7,10,14-16,20H,8-9,11H2,(H,23,24)/t14-,15?,16?/m0/s1. The molecule has 1 aliphatic carbocycles. The maximum atomic E-state index is 12.3. The molecule has 1 heterocycles. The van der Waals surface area contributed by atoms with E-state index >= 15 is 0 Å². The number of amides is 1. The number of halogens is 1. The van der Waals surface area contributed by atoms with Gasteiger partial charge in [-0.3, -0.25) is 4.79 Å². The van der Waals surface area contributed by atoms with Crippen LogP contribution >= 0.6 is 15.9 Å². The summed E-state index contributed by atoms with van der Waals surface area (Å²) in [6.07, 6.45) is 5.52. The molecule has 0 aromatic heterocycles. The summed E-state index contributed by atoms with van der Waals surface area (Å²) in [5.74, 6) is 0.0263. The molecule has 0 saturated heterocycles. The topological polar surface area (TPSA) is 69.6 Å². The summed E-state index contributed by atoms with van der Waals surface area (Å²) in [4.78, 5) is 25.1. The molecule has 0 radical (unpaired) electrons. The minimum atomic E-state index is -1.03. The lowest BCUT2D eigenvalue weighted by molar-refractivity contribution is -0.120. The highest BCUT2D eigenvalue weighted by molar-refractivity contribution is 9.10. The van der Waals surface area contributed by atoms with Crippen molar-refractivity contribution in [2.45, 2.75) is 17.3 Å². The molecule has 1 aromatic rings. The van der Waals surface area contributed by atoms with Gasteiger partial charge >= 0.3 is 6.09 Å². The predicted molar refractivity (Wildman–Crippen MR) is 95.1 cm³/mol. The Morgan fingerprint density at radius 1 is 1.38 bits per heavy atom. The number of carboxylic acid groups (broad SMARTS) is 1. The van der Waals surface area contributed by atoms with Crippen molar-refractivity contribution in [1.29, 1.82) is 0 Å². The van der Waals surface area contributed by atoms with Gasteiger partial charge in [0.25, 0.3) is 0 Å². The number of Topliss-reactive ketones (excluding diaryl/α,β-unsaturated/α-hetero) is 1. The van der Waals surface area contributed by atoms with Gasteiger partial charge in [-0.15, -0.1) is 0 Å². The number of allylic oxidation sites excluding steroid dienone is 2. The van der Waals surface area contributed by atoms with Crippen LogP contribution in [0.25, 0.3) is 0 Å². The SMILES string of the molecule is O=C(O)NC[C@H](Cc1ccccc1)N1C=C2C=CC(Br)C(=O)C2C1. The molecule has 5 nitrogen and oxygen atoms in total. The molecule has 2 unspecified atom stereocenters. The number of fused-ring (bicyclic) bond motifs is 1. The summed E-state index contributed by atoms with van der Waals surface area (Å²) in [7, 11) is 0. The number of hydrogen-bond acceptors (Lipinski definition) is 3. The second-order valence-electron chi connectivity index (χ2n) is 6.07. The molecule has 3 rings (SSSR count). The first-order chi connectivity index (χ1) is 11.5. The molecule has 1 aromatic carbocycles. The Hall–Kier alpha value is -2.08. The summed E-state index contributed by atoms with van der Waals surface area (Å²) >= 11 is 3.38. The Morgan fingerprint density at radius 2 is 2.12 bits per heavy atom. The molecule has 0 bridgehead atoms. The molecule has 0 saturated carbocycles. The fraction of sp³-hybridized carbons (Fsp3) is 0.333. The van der Waals surface area contributed by atoms with Crippen molar-refractivity contribution in [2.24, 2.45) is 5.92 Å². The quantitative estimate of drug-likeness (QED) is 0.758. The smallest absolute Gasteiger partial charge is 0.404 e. The highest BCUT2D eigenvalue weighted by atomic mass is 79.9. The van der Waals surface area contributed by atoms with Crippen molar-refractivity contribution in [3.63, 3.8) is 0 Å². The van der Waals surface area contributed by atoms with Crippen molar-refractivity contribution in [1.82, 2.24) is 10.2 Å². The van der Waals surface area contributed by atoms with Gasteiger partial charge in [-0.05, 0) is 17.6 Å². The van der Waals surface area contributed by atoms with Gasteiger partial charge in [0.1, 0.15) is 0 Å². The molecule has 2 N–H and O–H groups in total. The van der Waals surface area contributed by atoms with Crippen LogP contribution in [0.3, 0.4) is 0 Å². The van der Waals surface area contributed by atoms with E-state index in [-0.39, 0.29) is 22.6 Å². The van der Waals surface area contributed by atoms with E-state index in [0.29, 0.717) is 19.5 Å². The van der Waals surface area contributed by atoms with Crippen LogP contribution < -0.4 is 5.32 Å². The molecular weight excluding hydrogens is 372 g/mol. The maximum absolute atomic E-state index is 12.3.